The molecule has 2 atom stereocenters. The van der Waals surface area contributed by atoms with E-state index in [1.807, 2.05) is 12.1 Å². The van der Waals surface area contributed by atoms with Gasteiger partial charge in [0.2, 0.25) is 0 Å². The highest BCUT2D eigenvalue weighted by molar-refractivity contribution is 5.87. The Hall–Kier alpha value is -1.85. The predicted octanol–water partition coefficient (Wildman–Crippen LogP) is 6.10. The summed E-state index contributed by atoms with van der Waals surface area (Å²) in [7, 11) is 0. The van der Waals surface area contributed by atoms with Crippen LogP contribution in [0.1, 0.15) is 66.9 Å². The third kappa shape index (κ3) is 7.86. The quantitative estimate of drug-likeness (QED) is 0.397. The van der Waals surface area contributed by atoms with Crippen LogP contribution >= 0.6 is 24.8 Å². The Balaban J connectivity index is 0.00000193. The summed E-state index contributed by atoms with van der Waals surface area (Å²) in [6.07, 6.45) is 9.63. The summed E-state index contributed by atoms with van der Waals surface area (Å²) in [5, 5.41) is 16.6. The minimum atomic E-state index is -0.871. The fourth-order valence-electron chi connectivity index (χ4n) is 4.82. The van der Waals surface area contributed by atoms with Gasteiger partial charge in [-0.1, -0.05) is 61.0 Å². The molecule has 0 amide bonds. The van der Waals surface area contributed by atoms with Crippen molar-refractivity contribution in [1.29, 1.82) is 0 Å². The van der Waals surface area contributed by atoms with E-state index < -0.39 is 5.97 Å². The van der Waals surface area contributed by atoms with Gasteiger partial charge in [0.05, 0.1) is 5.56 Å². The van der Waals surface area contributed by atoms with E-state index >= 15 is 0 Å². The number of hydrogen-bond acceptors (Lipinski definition) is 3. The molecule has 0 saturated heterocycles. The molecule has 0 radical (unpaired) electrons. The van der Waals surface area contributed by atoms with Crippen LogP contribution in [0.25, 0.3) is 6.08 Å². The zero-order valence-electron chi connectivity index (χ0n) is 19.2. The van der Waals surface area contributed by atoms with Gasteiger partial charge >= 0.3 is 5.97 Å². The van der Waals surface area contributed by atoms with E-state index in [2.05, 4.69) is 54.0 Å². The molecule has 2 aliphatic rings. The van der Waals surface area contributed by atoms with Crippen molar-refractivity contribution < 1.29 is 9.90 Å². The van der Waals surface area contributed by atoms with Crippen molar-refractivity contribution in [3.63, 3.8) is 0 Å². The first-order valence-corrected chi connectivity index (χ1v) is 11.7. The van der Waals surface area contributed by atoms with Crippen LogP contribution in [0.5, 0.6) is 0 Å². The Kier molecular flexibility index (Phi) is 10.9. The molecule has 180 valence electrons. The van der Waals surface area contributed by atoms with Gasteiger partial charge in [-0.3, -0.25) is 0 Å². The second kappa shape index (κ2) is 13.1. The highest BCUT2D eigenvalue weighted by atomic mass is 35.5. The Bertz CT molecular complexity index is 894. The summed E-state index contributed by atoms with van der Waals surface area (Å²) in [5.41, 5.74) is 4.38. The van der Waals surface area contributed by atoms with Gasteiger partial charge in [-0.25, -0.2) is 4.79 Å². The fourth-order valence-corrected chi connectivity index (χ4v) is 4.82. The number of carboxylic acids is 1. The molecular weight excluding hydrogens is 455 g/mol. The molecule has 2 saturated carbocycles. The lowest BCUT2D eigenvalue weighted by Gasteiger charge is -2.30. The Labute approximate surface area is 210 Å². The van der Waals surface area contributed by atoms with E-state index in [9.17, 15) is 4.79 Å². The van der Waals surface area contributed by atoms with Crippen molar-refractivity contribution >= 4 is 36.9 Å². The van der Waals surface area contributed by atoms with Crippen LogP contribution in [0.3, 0.4) is 0 Å². The van der Waals surface area contributed by atoms with Crippen molar-refractivity contribution in [1.82, 2.24) is 10.6 Å². The maximum atomic E-state index is 11.0. The Morgan fingerprint density at radius 3 is 2.21 bits per heavy atom. The van der Waals surface area contributed by atoms with Gasteiger partial charge in [0.15, 0.2) is 0 Å². The Morgan fingerprint density at radius 1 is 0.970 bits per heavy atom. The largest absolute Gasteiger partial charge is 0.478 e. The van der Waals surface area contributed by atoms with Crippen LogP contribution < -0.4 is 10.6 Å². The second-order valence-corrected chi connectivity index (χ2v) is 9.03. The van der Waals surface area contributed by atoms with E-state index in [4.69, 9.17) is 5.11 Å². The van der Waals surface area contributed by atoms with Crippen LogP contribution in [-0.2, 0) is 6.54 Å². The molecule has 2 unspecified atom stereocenters. The topological polar surface area (TPSA) is 61.4 Å². The average molecular weight is 492 g/mol. The van der Waals surface area contributed by atoms with E-state index in [-0.39, 0.29) is 24.8 Å². The first kappa shape index (κ1) is 27.4. The van der Waals surface area contributed by atoms with Gasteiger partial charge < -0.3 is 15.7 Å². The fraction of sp³-hybridized carbons (Fsp3) is 0.444. The zero-order chi connectivity index (χ0) is 21.6. The van der Waals surface area contributed by atoms with Crippen molar-refractivity contribution in [2.24, 2.45) is 5.92 Å². The highest BCUT2D eigenvalue weighted by Crippen LogP contribution is 2.40. The second-order valence-electron chi connectivity index (χ2n) is 9.03. The molecule has 0 spiro atoms. The summed E-state index contributed by atoms with van der Waals surface area (Å²) in [5.74, 6) is -0.167. The third-order valence-corrected chi connectivity index (χ3v) is 6.80. The van der Waals surface area contributed by atoms with Crippen molar-refractivity contribution in [2.45, 2.75) is 70.1 Å². The smallest absolute Gasteiger partial charge is 0.335 e. The lowest BCUT2D eigenvalue weighted by Crippen LogP contribution is -2.40. The average Bonchev–Trinajstić information content (AvgIpc) is 3.56. The number of nitrogens with one attached hydrogen (secondary N) is 2. The van der Waals surface area contributed by atoms with Crippen LogP contribution in [0, 0.1) is 5.92 Å². The monoisotopic (exact) mass is 490 g/mol. The number of halogens is 2. The van der Waals surface area contributed by atoms with Gasteiger partial charge in [0, 0.05) is 24.7 Å². The van der Waals surface area contributed by atoms with E-state index in [1.54, 1.807) is 17.7 Å². The molecule has 0 bridgehead atoms. The van der Waals surface area contributed by atoms with Crippen molar-refractivity contribution in [3.05, 3.63) is 76.9 Å². The number of benzene rings is 2. The van der Waals surface area contributed by atoms with Crippen molar-refractivity contribution in [2.75, 3.05) is 0 Å². The summed E-state index contributed by atoms with van der Waals surface area (Å²) in [4.78, 5) is 11.0. The molecular formula is C27H36Cl2N2O2. The van der Waals surface area contributed by atoms with Crippen LogP contribution in [0.15, 0.2) is 60.2 Å². The number of carbonyl (C=O) groups is 1. The molecule has 3 N–H and O–H groups in total. The van der Waals surface area contributed by atoms with Gasteiger partial charge in [0.1, 0.15) is 0 Å². The molecule has 6 heteroatoms. The van der Waals surface area contributed by atoms with Crippen LogP contribution in [-0.4, -0.2) is 29.2 Å². The molecule has 4 rings (SSSR count). The molecule has 0 aromatic heterocycles. The lowest BCUT2D eigenvalue weighted by atomic mass is 9.91. The summed E-state index contributed by atoms with van der Waals surface area (Å²) >= 11 is 0. The van der Waals surface area contributed by atoms with Gasteiger partial charge in [-0.2, -0.15) is 0 Å². The van der Waals surface area contributed by atoms with Gasteiger partial charge in [0.25, 0.3) is 0 Å². The summed E-state index contributed by atoms with van der Waals surface area (Å²) in [6, 6.07) is 19.7. The van der Waals surface area contributed by atoms with Crippen LogP contribution in [0.2, 0.25) is 0 Å². The SMILES string of the molecule is CCC(=Cc1ccccc1)C1CC1NC1CCC(NCc2ccc(C(=O)O)cc2)CC1.Cl.Cl. The van der Waals surface area contributed by atoms with E-state index in [0.29, 0.717) is 29.6 Å². The minimum absolute atomic E-state index is 0. The van der Waals surface area contributed by atoms with E-state index in [0.717, 1.165) is 18.5 Å². The minimum Gasteiger partial charge on any atom is -0.478 e. The van der Waals surface area contributed by atoms with E-state index in [1.165, 1.54) is 37.7 Å². The normalized spacial score (nSPS) is 24.3. The Morgan fingerprint density at radius 2 is 1.61 bits per heavy atom. The first-order valence-electron chi connectivity index (χ1n) is 11.7. The predicted molar refractivity (Wildman–Crippen MR) is 141 cm³/mol. The summed E-state index contributed by atoms with van der Waals surface area (Å²) in [6.45, 7) is 3.08. The first-order chi connectivity index (χ1) is 15.1. The van der Waals surface area contributed by atoms with Crippen molar-refractivity contribution in [3.8, 4) is 0 Å². The lowest BCUT2D eigenvalue weighted by molar-refractivity contribution is 0.0697. The number of hydrogen-bond donors (Lipinski definition) is 3. The van der Waals surface area contributed by atoms with Gasteiger partial charge in [-0.15, -0.1) is 24.8 Å². The number of aromatic carboxylic acids is 1. The maximum Gasteiger partial charge on any atom is 0.335 e. The molecule has 2 aromatic rings. The standard InChI is InChI=1S/C27H34N2O2.2ClH/c1-2-21(16-19-6-4-3-5-7-19)25-17-26(25)29-24-14-12-23(13-15-24)28-18-20-8-10-22(11-9-20)27(30)31;;/h3-11,16,23-26,28-29H,2,12-15,17-18H2,1H3,(H,30,31);2*1H. The molecule has 4 nitrogen and oxygen atoms in total. The molecule has 0 heterocycles. The molecule has 0 aliphatic heterocycles. The van der Waals surface area contributed by atoms with Crippen LogP contribution in [0.4, 0.5) is 0 Å². The highest BCUT2D eigenvalue weighted by Gasteiger charge is 2.40. The molecule has 2 aromatic carbocycles. The third-order valence-electron chi connectivity index (χ3n) is 6.80. The molecule has 33 heavy (non-hydrogen) atoms. The number of carboxylic acid groups (broad SMARTS) is 1. The zero-order valence-corrected chi connectivity index (χ0v) is 20.8. The van der Waals surface area contributed by atoms with Gasteiger partial charge in [-0.05, 0) is 67.7 Å². The molecule has 2 fully saturated rings. The maximum absolute atomic E-state index is 11.0. The number of rotatable bonds is 9. The molecule has 2 aliphatic carbocycles. The summed E-state index contributed by atoms with van der Waals surface area (Å²) < 4.78 is 0.